The van der Waals surface area contributed by atoms with E-state index in [1.807, 2.05) is 13.8 Å². The SMILES string of the molecule is CC.CC(=O)C1=C(Nc2ccc(C)cc2F)CNC=C1F. The van der Waals surface area contributed by atoms with Crippen LogP contribution in [0.1, 0.15) is 26.3 Å². The van der Waals surface area contributed by atoms with Crippen molar-refractivity contribution in [1.29, 1.82) is 0 Å². The highest BCUT2D eigenvalue weighted by atomic mass is 19.1. The summed E-state index contributed by atoms with van der Waals surface area (Å²) in [5.74, 6) is -1.48. The molecule has 21 heavy (non-hydrogen) atoms. The zero-order valence-corrected chi connectivity index (χ0v) is 12.7. The fourth-order valence-electron chi connectivity index (χ4n) is 1.92. The molecular weight excluding hydrogens is 274 g/mol. The molecule has 0 bridgehead atoms. The summed E-state index contributed by atoms with van der Waals surface area (Å²) < 4.78 is 27.3. The van der Waals surface area contributed by atoms with E-state index in [1.54, 1.807) is 19.1 Å². The number of benzene rings is 1. The molecule has 0 aliphatic carbocycles. The van der Waals surface area contributed by atoms with Crippen LogP contribution in [0, 0.1) is 12.7 Å². The van der Waals surface area contributed by atoms with Crippen LogP contribution in [-0.2, 0) is 4.79 Å². The van der Waals surface area contributed by atoms with Gasteiger partial charge in [-0.2, -0.15) is 0 Å². The van der Waals surface area contributed by atoms with E-state index in [2.05, 4.69) is 10.6 Å². The van der Waals surface area contributed by atoms with Crippen molar-refractivity contribution in [1.82, 2.24) is 5.32 Å². The van der Waals surface area contributed by atoms with Gasteiger partial charge < -0.3 is 10.6 Å². The second kappa shape index (κ2) is 7.57. The highest BCUT2D eigenvalue weighted by Crippen LogP contribution is 2.23. The maximum Gasteiger partial charge on any atom is 0.164 e. The lowest BCUT2D eigenvalue weighted by molar-refractivity contribution is -0.113. The topological polar surface area (TPSA) is 41.1 Å². The monoisotopic (exact) mass is 294 g/mol. The van der Waals surface area contributed by atoms with E-state index in [4.69, 9.17) is 0 Å². The summed E-state index contributed by atoms with van der Waals surface area (Å²) in [5, 5.41) is 5.47. The first kappa shape index (κ1) is 16.9. The molecule has 1 aromatic rings. The van der Waals surface area contributed by atoms with E-state index >= 15 is 0 Å². The van der Waals surface area contributed by atoms with Crippen molar-refractivity contribution in [2.75, 3.05) is 11.9 Å². The van der Waals surface area contributed by atoms with Gasteiger partial charge >= 0.3 is 0 Å². The van der Waals surface area contributed by atoms with Gasteiger partial charge in [-0.05, 0) is 31.5 Å². The first-order valence-electron chi connectivity index (χ1n) is 6.85. The molecule has 3 nitrogen and oxygen atoms in total. The first-order valence-corrected chi connectivity index (χ1v) is 6.85. The Kier molecular flexibility index (Phi) is 6.09. The van der Waals surface area contributed by atoms with Gasteiger partial charge in [-0.3, -0.25) is 4.79 Å². The average molecular weight is 294 g/mol. The Morgan fingerprint density at radius 3 is 2.52 bits per heavy atom. The molecule has 1 aliphatic rings. The van der Waals surface area contributed by atoms with Crippen molar-refractivity contribution in [3.05, 3.63) is 52.9 Å². The molecule has 0 atom stereocenters. The normalized spacial score (nSPS) is 13.7. The Bertz CT molecular complexity index is 592. The van der Waals surface area contributed by atoms with E-state index in [-0.39, 0.29) is 17.8 Å². The molecule has 1 heterocycles. The van der Waals surface area contributed by atoms with E-state index in [1.165, 1.54) is 13.0 Å². The van der Waals surface area contributed by atoms with Crippen LogP contribution in [0.3, 0.4) is 0 Å². The van der Waals surface area contributed by atoms with Crippen LogP contribution in [0.4, 0.5) is 14.5 Å². The van der Waals surface area contributed by atoms with Crippen LogP contribution in [-0.4, -0.2) is 12.3 Å². The summed E-state index contributed by atoms with van der Waals surface area (Å²) in [6, 6.07) is 4.67. The summed E-state index contributed by atoms with van der Waals surface area (Å²) >= 11 is 0. The number of nitrogens with one attached hydrogen (secondary N) is 2. The van der Waals surface area contributed by atoms with Crippen molar-refractivity contribution < 1.29 is 13.6 Å². The zero-order chi connectivity index (χ0) is 16.0. The van der Waals surface area contributed by atoms with Gasteiger partial charge in [0, 0.05) is 11.9 Å². The third-order valence-corrected chi connectivity index (χ3v) is 2.81. The lowest BCUT2D eigenvalue weighted by Gasteiger charge is -2.19. The molecule has 114 valence electrons. The Balaban J connectivity index is 0.00000106. The molecule has 0 radical (unpaired) electrons. The molecule has 0 fully saturated rings. The maximum atomic E-state index is 13.7. The Morgan fingerprint density at radius 1 is 1.29 bits per heavy atom. The van der Waals surface area contributed by atoms with Gasteiger partial charge in [0.25, 0.3) is 0 Å². The molecule has 2 rings (SSSR count). The number of allylic oxidation sites excluding steroid dienone is 2. The predicted octanol–water partition coefficient (Wildman–Crippen LogP) is 3.83. The average Bonchev–Trinajstić information content (AvgIpc) is 2.44. The van der Waals surface area contributed by atoms with Crippen molar-refractivity contribution >= 4 is 11.5 Å². The van der Waals surface area contributed by atoms with Crippen LogP contribution < -0.4 is 10.6 Å². The summed E-state index contributed by atoms with van der Waals surface area (Å²) in [5.41, 5.74) is 1.29. The van der Waals surface area contributed by atoms with Gasteiger partial charge in [-0.25, -0.2) is 8.78 Å². The third-order valence-electron chi connectivity index (χ3n) is 2.81. The number of ketones is 1. The summed E-state index contributed by atoms with van der Waals surface area (Å²) in [4.78, 5) is 11.4. The largest absolute Gasteiger partial charge is 0.383 e. The molecule has 0 saturated carbocycles. The lowest BCUT2D eigenvalue weighted by Crippen LogP contribution is -2.25. The number of halogens is 2. The first-order chi connectivity index (χ1) is 9.99. The quantitative estimate of drug-likeness (QED) is 0.890. The van der Waals surface area contributed by atoms with E-state index in [0.29, 0.717) is 5.70 Å². The smallest absolute Gasteiger partial charge is 0.164 e. The van der Waals surface area contributed by atoms with E-state index in [0.717, 1.165) is 11.8 Å². The highest BCUT2D eigenvalue weighted by molar-refractivity contribution is 5.98. The lowest BCUT2D eigenvalue weighted by atomic mass is 10.1. The molecule has 0 amide bonds. The van der Waals surface area contributed by atoms with E-state index in [9.17, 15) is 13.6 Å². The molecular formula is C16H20F2N2O. The zero-order valence-electron chi connectivity index (χ0n) is 12.7. The fourth-order valence-corrected chi connectivity index (χ4v) is 1.92. The standard InChI is InChI=1S/C14H14F2N2O.C2H6/c1-8-3-4-12(10(15)5-8)18-13-7-17-6-11(16)14(13)9(2)19;1-2/h3-6,17-18H,7H2,1-2H3;1-2H3. The van der Waals surface area contributed by atoms with Crippen molar-refractivity contribution in [3.63, 3.8) is 0 Å². The highest BCUT2D eigenvalue weighted by Gasteiger charge is 2.20. The van der Waals surface area contributed by atoms with Gasteiger partial charge in [-0.1, -0.05) is 19.9 Å². The van der Waals surface area contributed by atoms with Gasteiger partial charge in [0.2, 0.25) is 0 Å². The molecule has 0 aromatic heterocycles. The second-order valence-corrected chi connectivity index (χ2v) is 4.39. The Labute approximate surface area is 123 Å². The molecule has 1 aliphatic heterocycles. The number of hydrogen-bond acceptors (Lipinski definition) is 3. The number of rotatable bonds is 3. The van der Waals surface area contributed by atoms with Crippen LogP contribution in [0.5, 0.6) is 0 Å². The molecule has 2 N–H and O–H groups in total. The fraction of sp³-hybridized carbons (Fsp3) is 0.312. The number of carbonyl (C=O) groups is 1. The summed E-state index contributed by atoms with van der Waals surface area (Å²) in [6.45, 7) is 7.30. The minimum absolute atomic E-state index is 0.0428. The van der Waals surface area contributed by atoms with Crippen molar-refractivity contribution in [2.45, 2.75) is 27.7 Å². The minimum atomic E-state index is -0.645. The third kappa shape index (κ3) is 4.15. The Hall–Kier alpha value is -2.17. The van der Waals surface area contributed by atoms with Crippen LogP contribution in [0.15, 0.2) is 41.5 Å². The van der Waals surface area contributed by atoms with Gasteiger partial charge in [0.15, 0.2) is 11.6 Å². The maximum absolute atomic E-state index is 13.7. The number of hydrogen-bond donors (Lipinski definition) is 2. The molecule has 0 unspecified atom stereocenters. The predicted molar refractivity (Wildman–Crippen MR) is 81.0 cm³/mol. The molecule has 1 aromatic carbocycles. The van der Waals surface area contributed by atoms with Crippen LogP contribution >= 0.6 is 0 Å². The van der Waals surface area contributed by atoms with Crippen molar-refractivity contribution in [3.8, 4) is 0 Å². The molecule has 0 saturated heterocycles. The van der Waals surface area contributed by atoms with Crippen molar-refractivity contribution in [2.24, 2.45) is 0 Å². The summed E-state index contributed by atoms with van der Waals surface area (Å²) in [6.07, 6.45) is 1.13. The van der Waals surface area contributed by atoms with Gasteiger partial charge in [-0.15, -0.1) is 0 Å². The second-order valence-electron chi connectivity index (χ2n) is 4.39. The molecule has 0 spiro atoms. The van der Waals surface area contributed by atoms with Crippen LogP contribution in [0.2, 0.25) is 0 Å². The number of Topliss-reactive ketones (excluding diaryl/α,β-unsaturated/α-hetero) is 1. The van der Waals surface area contributed by atoms with E-state index < -0.39 is 17.4 Å². The minimum Gasteiger partial charge on any atom is -0.383 e. The number of anilines is 1. The summed E-state index contributed by atoms with van der Waals surface area (Å²) in [7, 11) is 0. The van der Waals surface area contributed by atoms with Gasteiger partial charge in [0.05, 0.1) is 17.8 Å². The van der Waals surface area contributed by atoms with Gasteiger partial charge in [0.1, 0.15) is 5.82 Å². The van der Waals surface area contributed by atoms with Crippen LogP contribution in [0.25, 0.3) is 0 Å². The molecule has 5 heteroatoms. The number of carbonyl (C=O) groups excluding carboxylic acids is 1. The number of dihydropyridines is 1. The number of aryl methyl sites for hydroxylation is 1. The Morgan fingerprint density at radius 2 is 1.95 bits per heavy atom.